The number of nitrogens with zero attached hydrogens (tertiary/aromatic N) is 3. The summed E-state index contributed by atoms with van der Waals surface area (Å²) >= 11 is 5.89. The average molecular weight is 449 g/mol. The van der Waals surface area contributed by atoms with Crippen LogP contribution in [0.2, 0.25) is 5.15 Å². The number of benzene rings is 1. The molecule has 0 fully saturated rings. The Balaban J connectivity index is 1.91. The summed E-state index contributed by atoms with van der Waals surface area (Å²) in [4.78, 5) is 21.3. The Kier molecular flexibility index (Phi) is 5.64. The Bertz CT molecular complexity index is 1460. The van der Waals surface area contributed by atoms with Crippen LogP contribution in [0.3, 0.4) is 0 Å². The number of rotatable bonds is 4. The second-order valence-electron chi connectivity index (χ2n) is 7.46. The number of hydrogen-bond acceptors (Lipinski definition) is 6. The first-order valence-corrected chi connectivity index (χ1v) is 10.2. The van der Waals surface area contributed by atoms with Gasteiger partial charge in [0.2, 0.25) is 0 Å². The zero-order valence-corrected chi connectivity index (χ0v) is 18.3. The van der Waals surface area contributed by atoms with E-state index in [1.54, 1.807) is 25.1 Å². The van der Waals surface area contributed by atoms with Crippen LogP contribution in [0.15, 0.2) is 51.8 Å². The van der Waals surface area contributed by atoms with Crippen molar-refractivity contribution in [3.05, 3.63) is 86.2 Å². The van der Waals surface area contributed by atoms with Crippen LogP contribution in [-0.4, -0.2) is 9.97 Å². The number of aromatic nitrogens is 2. The second kappa shape index (κ2) is 8.40. The van der Waals surface area contributed by atoms with Gasteiger partial charge in [-0.15, -0.1) is 0 Å². The molecular weight excluding hydrogens is 431 g/mol. The number of anilines is 1. The van der Waals surface area contributed by atoms with E-state index in [0.717, 1.165) is 5.56 Å². The molecule has 0 aliphatic heterocycles. The Morgan fingerprint density at radius 3 is 2.75 bits per heavy atom. The van der Waals surface area contributed by atoms with Crippen molar-refractivity contribution >= 4 is 28.3 Å². The van der Waals surface area contributed by atoms with Crippen molar-refractivity contribution < 1.29 is 8.81 Å². The molecule has 6 nitrogen and oxygen atoms in total. The number of pyridine rings is 2. The normalized spacial score (nSPS) is 11.9. The first kappa shape index (κ1) is 21.5. The summed E-state index contributed by atoms with van der Waals surface area (Å²) in [5.74, 6) is -0.493. The van der Waals surface area contributed by atoms with Crippen LogP contribution in [0, 0.1) is 31.0 Å². The summed E-state index contributed by atoms with van der Waals surface area (Å²) < 4.78 is 20.5. The molecule has 1 N–H and O–H groups in total. The molecule has 0 saturated carbocycles. The highest BCUT2D eigenvalue weighted by molar-refractivity contribution is 6.29. The molecule has 0 radical (unpaired) electrons. The van der Waals surface area contributed by atoms with Gasteiger partial charge in [-0.2, -0.15) is 5.26 Å². The second-order valence-corrected chi connectivity index (χ2v) is 7.85. The van der Waals surface area contributed by atoms with Crippen LogP contribution in [-0.2, 0) is 0 Å². The third kappa shape index (κ3) is 3.81. The highest BCUT2D eigenvalue weighted by Gasteiger charge is 2.21. The number of halogens is 2. The van der Waals surface area contributed by atoms with E-state index >= 15 is 0 Å². The maximum absolute atomic E-state index is 14.4. The monoisotopic (exact) mass is 448 g/mol. The average Bonchev–Trinajstić information content (AvgIpc) is 2.77. The molecular formula is C24H18ClFN4O2. The molecule has 1 aromatic carbocycles. The lowest BCUT2D eigenvalue weighted by Gasteiger charge is -2.19. The minimum Gasteiger partial charge on any atom is -0.453 e. The molecule has 0 spiro atoms. The van der Waals surface area contributed by atoms with Gasteiger partial charge in [0.05, 0.1) is 17.1 Å². The van der Waals surface area contributed by atoms with Gasteiger partial charge in [0.1, 0.15) is 22.5 Å². The van der Waals surface area contributed by atoms with Crippen molar-refractivity contribution in [2.75, 3.05) is 5.32 Å². The Morgan fingerprint density at radius 1 is 1.25 bits per heavy atom. The van der Waals surface area contributed by atoms with Crippen LogP contribution in [0.4, 0.5) is 10.1 Å². The predicted molar refractivity (Wildman–Crippen MR) is 121 cm³/mol. The number of nitriles is 1. The quantitative estimate of drug-likeness (QED) is 0.402. The fourth-order valence-corrected chi connectivity index (χ4v) is 3.76. The van der Waals surface area contributed by atoms with Gasteiger partial charge in [-0.25, -0.2) is 14.4 Å². The first-order valence-electron chi connectivity index (χ1n) is 9.82. The fourth-order valence-electron chi connectivity index (χ4n) is 3.62. The molecule has 1 atom stereocenters. The maximum Gasteiger partial charge on any atom is 0.196 e. The van der Waals surface area contributed by atoms with Crippen molar-refractivity contribution in [2.24, 2.45) is 0 Å². The molecule has 0 unspecified atom stereocenters. The molecule has 8 heteroatoms. The zero-order chi connectivity index (χ0) is 23.0. The van der Waals surface area contributed by atoms with Gasteiger partial charge < -0.3 is 9.73 Å². The largest absolute Gasteiger partial charge is 0.453 e. The molecule has 0 aliphatic carbocycles. The highest BCUT2D eigenvalue weighted by Crippen LogP contribution is 2.32. The standard InChI is InChI=1S/C24H18ClFN4O2/c1-12-9-15(14(3)29-18-6-7-20(25)30-19(18)11-27)24-16(10-12)22(31)13(2)23(32-24)21-17(26)5-4-8-28-21/h4-10,14,29H,1-3H3/t14-/m1/s1. The highest BCUT2D eigenvalue weighted by atomic mass is 35.5. The van der Waals surface area contributed by atoms with Gasteiger partial charge in [0, 0.05) is 17.3 Å². The fraction of sp³-hybridized carbons (Fsp3) is 0.167. The van der Waals surface area contributed by atoms with Gasteiger partial charge in [0.25, 0.3) is 0 Å². The molecule has 0 bridgehead atoms. The molecule has 3 heterocycles. The van der Waals surface area contributed by atoms with E-state index in [1.807, 2.05) is 26.0 Å². The van der Waals surface area contributed by atoms with E-state index < -0.39 is 5.82 Å². The van der Waals surface area contributed by atoms with Crippen LogP contribution in [0.25, 0.3) is 22.4 Å². The Labute approximate surface area is 188 Å². The lowest BCUT2D eigenvalue weighted by atomic mass is 9.99. The summed E-state index contributed by atoms with van der Waals surface area (Å²) in [7, 11) is 0. The van der Waals surface area contributed by atoms with Gasteiger partial charge in [0.15, 0.2) is 22.7 Å². The van der Waals surface area contributed by atoms with E-state index in [2.05, 4.69) is 15.3 Å². The minimum absolute atomic E-state index is 0.0233. The molecule has 0 saturated heterocycles. The third-order valence-electron chi connectivity index (χ3n) is 5.17. The van der Waals surface area contributed by atoms with E-state index in [4.69, 9.17) is 16.0 Å². The predicted octanol–water partition coefficient (Wildman–Crippen LogP) is 5.70. The van der Waals surface area contributed by atoms with Crippen molar-refractivity contribution in [3.8, 4) is 17.5 Å². The van der Waals surface area contributed by atoms with Crippen molar-refractivity contribution in [1.82, 2.24) is 9.97 Å². The summed E-state index contributed by atoms with van der Waals surface area (Å²) in [6, 6.07) is 11.2. The zero-order valence-electron chi connectivity index (χ0n) is 17.5. The smallest absolute Gasteiger partial charge is 0.196 e. The molecule has 3 aromatic heterocycles. The Morgan fingerprint density at radius 2 is 2.03 bits per heavy atom. The summed E-state index contributed by atoms with van der Waals surface area (Å²) in [5, 5.41) is 13.2. The van der Waals surface area contributed by atoms with Gasteiger partial charge in [-0.1, -0.05) is 17.7 Å². The van der Waals surface area contributed by atoms with E-state index in [1.165, 1.54) is 18.3 Å². The third-order valence-corrected chi connectivity index (χ3v) is 5.38. The molecule has 32 heavy (non-hydrogen) atoms. The molecule has 0 aliphatic rings. The molecule has 4 rings (SSSR count). The number of aryl methyl sites for hydroxylation is 1. The van der Waals surface area contributed by atoms with Crippen molar-refractivity contribution in [3.63, 3.8) is 0 Å². The topological polar surface area (TPSA) is 91.8 Å². The molecule has 160 valence electrons. The number of fused-ring (bicyclic) bond motifs is 1. The summed E-state index contributed by atoms with van der Waals surface area (Å²) in [6.45, 7) is 5.34. The van der Waals surface area contributed by atoms with E-state index in [0.29, 0.717) is 22.2 Å². The van der Waals surface area contributed by atoms with Crippen molar-refractivity contribution in [2.45, 2.75) is 26.8 Å². The molecule has 4 aromatic rings. The summed E-state index contributed by atoms with van der Waals surface area (Å²) in [5.41, 5.74) is 2.50. The van der Waals surface area contributed by atoms with Crippen LogP contribution in [0.5, 0.6) is 0 Å². The van der Waals surface area contributed by atoms with Gasteiger partial charge >= 0.3 is 0 Å². The maximum atomic E-state index is 14.4. The Hall–Kier alpha value is -3.76. The van der Waals surface area contributed by atoms with Gasteiger partial charge in [-0.05, 0) is 56.7 Å². The number of nitrogens with one attached hydrogen (secondary N) is 1. The lowest BCUT2D eigenvalue weighted by molar-refractivity contribution is 0.580. The lowest BCUT2D eigenvalue weighted by Crippen LogP contribution is -2.13. The van der Waals surface area contributed by atoms with E-state index in [-0.39, 0.29) is 39.3 Å². The van der Waals surface area contributed by atoms with Crippen LogP contribution >= 0.6 is 11.6 Å². The molecule has 0 amide bonds. The van der Waals surface area contributed by atoms with Crippen molar-refractivity contribution in [1.29, 1.82) is 5.26 Å². The minimum atomic E-state index is -0.580. The SMILES string of the molecule is Cc1cc([C@@H](C)Nc2ccc(Cl)nc2C#N)c2oc(-c3ncccc3F)c(C)c(=O)c2c1. The summed E-state index contributed by atoms with van der Waals surface area (Å²) in [6.07, 6.45) is 1.44. The van der Waals surface area contributed by atoms with Crippen LogP contribution in [0.1, 0.15) is 35.3 Å². The van der Waals surface area contributed by atoms with Crippen LogP contribution < -0.4 is 10.7 Å². The van der Waals surface area contributed by atoms with Gasteiger partial charge in [-0.3, -0.25) is 4.79 Å². The first-order chi connectivity index (χ1) is 15.3. The van der Waals surface area contributed by atoms with E-state index in [9.17, 15) is 14.4 Å². The number of hydrogen-bond donors (Lipinski definition) is 1.